The van der Waals surface area contributed by atoms with E-state index in [2.05, 4.69) is 0 Å². The maximum atomic E-state index is 5.36. The van der Waals surface area contributed by atoms with Crippen LogP contribution in [0.3, 0.4) is 0 Å². The Morgan fingerprint density at radius 1 is 0.900 bits per heavy atom. The number of rotatable bonds is 0. The Bertz CT molecular complexity index is 146. The van der Waals surface area contributed by atoms with Crippen molar-refractivity contribution >= 4 is 5.69 Å². The maximum absolute atomic E-state index is 5.36. The Morgan fingerprint density at radius 2 is 1.30 bits per heavy atom. The van der Waals surface area contributed by atoms with Crippen LogP contribution in [0.4, 0.5) is 5.69 Å². The van der Waals surface area contributed by atoms with Crippen LogP contribution in [0, 0.1) is 0 Å². The summed E-state index contributed by atoms with van der Waals surface area (Å²) in [6.07, 6.45) is 0. The number of nitrogen functional groups attached to an aromatic ring is 1. The molecule has 0 aliphatic carbocycles. The first kappa shape index (κ1) is 16.2. The first-order valence-corrected chi connectivity index (χ1v) is 2.20. The standard InChI is InChI=1S/C6H7N.Mn.2O/c7-6-4-2-1-3-5-6;;;/h1-5H,7H2;;;/q;;2*-2. The Morgan fingerprint density at radius 3 is 1.50 bits per heavy atom. The van der Waals surface area contributed by atoms with Gasteiger partial charge in [0.05, 0.1) is 0 Å². The molecule has 1 aromatic carbocycles. The summed E-state index contributed by atoms with van der Waals surface area (Å²) in [5.74, 6) is 0. The third-order valence-corrected chi connectivity index (χ3v) is 0.800. The summed E-state index contributed by atoms with van der Waals surface area (Å²) in [6.45, 7) is 0. The number of nitrogens with two attached hydrogens (primary N) is 1. The molecule has 0 saturated carbocycles. The SMILES string of the molecule is Nc1ccccc1.[Mn].[O-2].[O-2]. The second-order valence-corrected chi connectivity index (χ2v) is 1.41. The fourth-order valence-corrected chi connectivity index (χ4v) is 0.453. The maximum Gasteiger partial charge on any atom is 0.0313 e. The van der Waals surface area contributed by atoms with Gasteiger partial charge in [0.2, 0.25) is 0 Å². The van der Waals surface area contributed by atoms with E-state index in [0.717, 1.165) is 5.69 Å². The van der Waals surface area contributed by atoms with Crippen LogP contribution in [0.1, 0.15) is 0 Å². The van der Waals surface area contributed by atoms with Gasteiger partial charge in [-0.1, -0.05) is 18.2 Å². The Kier molecular flexibility index (Phi) is 13.7. The predicted molar refractivity (Wildman–Crippen MR) is 32.2 cm³/mol. The summed E-state index contributed by atoms with van der Waals surface area (Å²) < 4.78 is 0. The van der Waals surface area contributed by atoms with E-state index < -0.39 is 0 Å². The molecule has 0 aliphatic rings. The summed E-state index contributed by atoms with van der Waals surface area (Å²) in [6, 6.07) is 9.49. The zero-order chi connectivity index (χ0) is 5.11. The molecule has 1 rings (SSSR count). The molecule has 0 fully saturated rings. The molecule has 0 atom stereocenters. The minimum absolute atomic E-state index is 0. The van der Waals surface area contributed by atoms with Gasteiger partial charge in [-0.2, -0.15) is 0 Å². The van der Waals surface area contributed by atoms with E-state index in [-0.39, 0.29) is 28.0 Å². The van der Waals surface area contributed by atoms with Gasteiger partial charge in [-0.05, 0) is 12.1 Å². The van der Waals surface area contributed by atoms with Crippen molar-refractivity contribution in [3.8, 4) is 0 Å². The van der Waals surface area contributed by atoms with Crippen LogP contribution in [-0.2, 0) is 28.0 Å². The molecule has 2 N–H and O–H groups in total. The predicted octanol–water partition coefficient (Wildman–Crippen LogP) is 1.03. The molecule has 1 aromatic rings. The van der Waals surface area contributed by atoms with Crippen molar-refractivity contribution in [2.24, 2.45) is 0 Å². The van der Waals surface area contributed by atoms with Gasteiger partial charge in [-0.3, -0.25) is 0 Å². The normalized spacial score (nSPS) is 6.00. The molecule has 0 amide bonds. The van der Waals surface area contributed by atoms with Crippen molar-refractivity contribution in [1.29, 1.82) is 0 Å². The molecular weight excluding hydrogens is 173 g/mol. The average molecular weight is 180 g/mol. The Balaban J connectivity index is -0.000000163. The van der Waals surface area contributed by atoms with Crippen molar-refractivity contribution < 1.29 is 28.0 Å². The molecule has 1 radical (unpaired) electrons. The molecule has 0 bridgehead atoms. The van der Waals surface area contributed by atoms with E-state index >= 15 is 0 Å². The average Bonchev–Trinajstić information content (AvgIpc) is 1.69. The first-order valence-electron chi connectivity index (χ1n) is 2.20. The van der Waals surface area contributed by atoms with E-state index in [1.807, 2.05) is 30.3 Å². The van der Waals surface area contributed by atoms with E-state index in [0.29, 0.717) is 0 Å². The Hall–Kier alpha value is -0.541. The number of para-hydroxylation sites is 1. The van der Waals surface area contributed by atoms with Crippen molar-refractivity contribution in [1.82, 2.24) is 0 Å². The summed E-state index contributed by atoms with van der Waals surface area (Å²) >= 11 is 0. The molecule has 10 heavy (non-hydrogen) atoms. The summed E-state index contributed by atoms with van der Waals surface area (Å²) in [5.41, 5.74) is 6.18. The molecule has 0 spiro atoms. The largest absolute Gasteiger partial charge is 2.00 e. The van der Waals surface area contributed by atoms with Crippen LogP contribution >= 0.6 is 0 Å². The van der Waals surface area contributed by atoms with Crippen LogP contribution in [0.5, 0.6) is 0 Å². The molecule has 59 valence electrons. The summed E-state index contributed by atoms with van der Waals surface area (Å²) in [4.78, 5) is 0. The smallest absolute Gasteiger partial charge is 0.0313 e. The quantitative estimate of drug-likeness (QED) is 0.469. The van der Waals surface area contributed by atoms with Gasteiger partial charge in [0, 0.05) is 22.8 Å². The van der Waals surface area contributed by atoms with E-state index in [1.165, 1.54) is 0 Å². The zero-order valence-corrected chi connectivity index (χ0v) is 6.34. The topological polar surface area (TPSA) is 83.0 Å². The molecule has 3 nitrogen and oxygen atoms in total. The van der Waals surface area contributed by atoms with E-state index in [9.17, 15) is 0 Å². The van der Waals surface area contributed by atoms with Crippen LogP contribution in [0.25, 0.3) is 0 Å². The fraction of sp³-hybridized carbons (Fsp3) is 0. The summed E-state index contributed by atoms with van der Waals surface area (Å²) in [7, 11) is 0. The van der Waals surface area contributed by atoms with E-state index in [4.69, 9.17) is 5.73 Å². The van der Waals surface area contributed by atoms with Crippen molar-refractivity contribution in [2.45, 2.75) is 0 Å². The van der Waals surface area contributed by atoms with Crippen molar-refractivity contribution in [3.05, 3.63) is 30.3 Å². The second-order valence-electron chi connectivity index (χ2n) is 1.41. The van der Waals surface area contributed by atoms with Gasteiger partial charge in [0.15, 0.2) is 0 Å². The van der Waals surface area contributed by atoms with Gasteiger partial charge in [-0.15, -0.1) is 0 Å². The second kappa shape index (κ2) is 8.46. The fourth-order valence-electron chi connectivity index (χ4n) is 0.453. The molecular formula is C6H7MnNO2-4. The van der Waals surface area contributed by atoms with Gasteiger partial charge < -0.3 is 16.7 Å². The van der Waals surface area contributed by atoms with Crippen LogP contribution in [0.2, 0.25) is 0 Å². The zero-order valence-electron chi connectivity index (χ0n) is 5.16. The molecule has 0 aromatic heterocycles. The minimum Gasteiger partial charge on any atom is -2.00 e. The van der Waals surface area contributed by atoms with Crippen LogP contribution in [-0.4, -0.2) is 0 Å². The Labute approximate surface area is 70.3 Å². The third kappa shape index (κ3) is 5.59. The number of hydrogen-bond acceptors (Lipinski definition) is 1. The van der Waals surface area contributed by atoms with Gasteiger partial charge >= 0.3 is 0 Å². The van der Waals surface area contributed by atoms with Crippen molar-refractivity contribution in [2.75, 3.05) is 5.73 Å². The van der Waals surface area contributed by atoms with Gasteiger partial charge in [0.25, 0.3) is 0 Å². The number of anilines is 1. The molecule has 0 unspecified atom stereocenters. The molecule has 0 saturated heterocycles. The number of benzene rings is 1. The third-order valence-electron chi connectivity index (χ3n) is 0.800. The summed E-state index contributed by atoms with van der Waals surface area (Å²) in [5, 5.41) is 0. The molecule has 4 heteroatoms. The van der Waals surface area contributed by atoms with Gasteiger partial charge in [-0.25, -0.2) is 0 Å². The molecule has 0 heterocycles. The van der Waals surface area contributed by atoms with Crippen molar-refractivity contribution in [3.63, 3.8) is 0 Å². The van der Waals surface area contributed by atoms with Crippen LogP contribution in [0.15, 0.2) is 30.3 Å². The number of hydrogen-bond donors (Lipinski definition) is 1. The van der Waals surface area contributed by atoms with E-state index in [1.54, 1.807) is 0 Å². The minimum atomic E-state index is 0. The monoisotopic (exact) mass is 180 g/mol. The molecule has 0 aliphatic heterocycles. The van der Waals surface area contributed by atoms with Crippen LogP contribution < -0.4 is 5.73 Å². The van der Waals surface area contributed by atoms with Gasteiger partial charge in [0.1, 0.15) is 0 Å². The first-order chi connectivity index (χ1) is 3.39.